The van der Waals surface area contributed by atoms with Crippen molar-refractivity contribution in [1.82, 2.24) is 15.0 Å². The van der Waals surface area contributed by atoms with E-state index in [0.717, 1.165) is 15.2 Å². The van der Waals surface area contributed by atoms with Crippen LogP contribution in [0, 0.1) is 13.8 Å². The van der Waals surface area contributed by atoms with E-state index in [1.54, 1.807) is 23.7 Å². The lowest BCUT2D eigenvalue weighted by Gasteiger charge is -2.01. The molecule has 0 radical (unpaired) electrons. The zero-order valence-corrected chi connectivity index (χ0v) is 11.4. The molecule has 2 heterocycles. The second-order valence-electron chi connectivity index (χ2n) is 3.33. The van der Waals surface area contributed by atoms with E-state index in [1.165, 1.54) is 4.88 Å². The van der Waals surface area contributed by atoms with Gasteiger partial charge in [0, 0.05) is 17.3 Å². The third-order valence-corrected chi connectivity index (χ3v) is 3.57. The van der Waals surface area contributed by atoms with Crippen molar-refractivity contribution in [3.05, 3.63) is 32.4 Å². The van der Waals surface area contributed by atoms with Gasteiger partial charge in [-0.3, -0.25) is 0 Å². The number of thiazole rings is 1. The van der Waals surface area contributed by atoms with Gasteiger partial charge in [-0.25, -0.2) is 15.0 Å². The molecule has 0 atom stereocenters. The van der Waals surface area contributed by atoms with Crippen LogP contribution in [0.4, 0.5) is 5.95 Å². The van der Waals surface area contributed by atoms with Crippen molar-refractivity contribution in [3.63, 3.8) is 0 Å². The predicted octanol–water partition coefficient (Wildman–Crippen LogP) is 2.92. The van der Waals surface area contributed by atoms with Crippen LogP contribution in [-0.4, -0.2) is 15.0 Å². The number of halogens is 1. The molecule has 0 aliphatic rings. The number of aryl methyl sites for hydroxylation is 2. The van der Waals surface area contributed by atoms with Crippen LogP contribution < -0.4 is 5.32 Å². The summed E-state index contributed by atoms with van der Waals surface area (Å²) in [4.78, 5) is 14.0. The Labute approximate surface area is 106 Å². The fourth-order valence-electron chi connectivity index (χ4n) is 1.17. The number of nitrogens with one attached hydrogen (secondary N) is 1. The van der Waals surface area contributed by atoms with Crippen LogP contribution in [0.1, 0.15) is 15.6 Å². The number of hydrogen-bond acceptors (Lipinski definition) is 5. The Hall–Kier alpha value is -1.01. The molecule has 0 aliphatic heterocycles. The fourth-order valence-corrected chi connectivity index (χ4v) is 2.25. The molecule has 2 aromatic heterocycles. The molecule has 84 valence electrons. The minimum absolute atomic E-state index is 0.619. The maximum Gasteiger partial charge on any atom is 0.223 e. The second kappa shape index (κ2) is 4.88. The van der Waals surface area contributed by atoms with Gasteiger partial charge >= 0.3 is 0 Å². The van der Waals surface area contributed by atoms with Crippen molar-refractivity contribution in [2.24, 2.45) is 0 Å². The van der Waals surface area contributed by atoms with Gasteiger partial charge in [-0.2, -0.15) is 0 Å². The Morgan fingerprint density at radius 1 is 1.31 bits per heavy atom. The van der Waals surface area contributed by atoms with Gasteiger partial charge in [0.15, 0.2) is 0 Å². The Morgan fingerprint density at radius 2 is 2.00 bits per heavy atom. The zero-order chi connectivity index (χ0) is 11.5. The lowest BCUT2D eigenvalue weighted by molar-refractivity contribution is 1.02. The summed E-state index contributed by atoms with van der Waals surface area (Å²) in [5, 5.41) is 4.19. The molecule has 0 aliphatic carbocycles. The highest BCUT2D eigenvalue weighted by Crippen LogP contribution is 2.17. The van der Waals surface area contributed by atoms with Crippen LogP contribution in [0.2, 0.25) is 0 Å². The van der Waals surface area contributed by atoms with E-state index in [-0.39, 0.29) is 0 Å². The zero-order valence-electron chi connectivity index (χ0n) is 8.99. The van der Waals surface area contributed by atoms with Crippen LogP contribution in [0.3, 0.4) is 0 Å². The normalized spacial score (nSPS) is 10.4. The quantitative estimate of drug-likeness (QED) is 0.946. The minimum Gasteiger partial charge on any atom is -0.348 e. The number of nitrogens with zero attached hydrogens (tertiary/aromatic N) is 3. The Bertz CT molecular complexity index is 461. The molecule has 0 bridgehead atoms. The number of aromatic nitrogens is 3. The summed E-state index contributed by atoms with van der Waals surface area (Å²) in [6, 6.07) is 0. The van der Waals surface area contributed by atoms with E-state index < -0.39 is 0 Å². The number of anilines is 1. The lowest BCUT2D eigenvalue weighted by atomic mass is 10.4. The summed E-state index contributed by atoms with van der Waals surface area (Å²) in [5.41, 5.74) is 1.10. The van der Waals surface area contributed by atoms with E-state index in [0.29, 0.717) is 12.5 Å². The largest absolute Gasteiger partial charge is 0.348 e. The monoisotopic (exact) mass is 298 g/mol. The van der Waals surface area contributed by atoms with E-state index in [9.17, 15) is 0 Å². The van der Waals surface area contributed by atoms with Gasteiger partial charge in [-0.1, -0.05) is 0 Å². The molecule has 0 unspecified atom stereocenters. The number of hydrogen-bond donors (Lipinski definition) is 1. The predicted molar refractivity (Wildman–Crippen MR) is 68.6 cm³/mol. The number of rotatable bonds is 3. The van der Waals surface area contributed by atoms with E-state index >= 15 is 0 Å². The first kappa shape index (κ1) is 11.5. The summed E-state index contributed by atoms with van der Waals surface area (Å²) in [6.07, 6.45) is 3.43. The molecule has 0 fully saturated rings. The van der Waals surface area contributed by atoms with Gasteiger partial charge in [0.1, 0.15) is 5.01 Å². The maximum absolute atomic E-state index is 4.43. The third-order valence-electron chi connectivity index (χ3n) is 2.09. The molecular weight excluding hydrogens is 288 g/mol. The Morgan fingerprint density at radius 3 is 2.56 bits per heavy atom. The van der Waals surface area contributed by atoms with Gasteiger partial charge < -0.3 is 5.32 Å². The molecule has 4 nitrogen and oxygen atoms in total. The summed E-state index contributed by atoms with van der Waals surface area (Å²) < 4.78 is 0.874. The highest BCUT2D eigenvalue weighted by molar-refractivity contribution is 9.10. The van der Waals surface area contributed by atoms with Crippen molar-refractivity contribution in [2.75, 3.05) is 5.32 Å². The second-order valence-corrected chi connectivity index (χ2v) is 5.53. The van der Waals surface area contributed by atoms with Crippen molar-refractivity contribution in [2.45, 2.75) is 20.4 Å². The van der Waals surface area contributed by atoms with E-state index in [1.807, 2.05) is 6.92 Å². The van der Waals surface area contributed by atoms with Crippen molar-refractivity contribution >= 4 is 33.2 Å². The molecule has 16 heavy (non-hydrogen) atoms. The highest BCUT2D eigenvalue weighted by atomic mass is 79.9. The van der Waals surface area contributed by atoms with Crippen LogP contribution in [-0.2, 0) is 6.54 Å². The fraction of sp³-hybridized carbons (Fsp3) is 0.300. The third kappa shape index (κ3) is 2.76. The molecule has 6 heteroatoms. The molecule has 2 aromatic rings. The first-order chi connectivity index (χ1) is 7.65. The van der Waals surface area contributed by atoms with Crippen molar-refractivity contribution in [3.8, 4) is 0 Å². The standard InChI is InChI=1S/C10H11BrN4S/c1-6-7(2)16-9(15-6)5-14-10-12-3-8(11)4-13-10/h3-4H,5H2,1-2H3,(H,12,13,14). The molecule has 2 rings (SSSR count). The molecule has 0 spiro atoms. The van der Waals surface area contributed by atoms with Crippen LogP contribution >= 0.6 is 27.3 Å². The Kier molecular flexibility index (Phi) is 3.50. The summed E-state index contributed by atoms with van der Waals surface area (Å²) in [6.45, 7) is 4.76. The van der Waals surface area contributed by atoms with Crippen LogP contribution in [0.5, 0.6) is 0 Å². The molecule has 0 saturated carbocycles. The van der Waals surface area contributed by atoms with Gasteiger partial charge in [-0.05, 0) is 29.8 Å². The van der Waals surface area contributed by atoms with E-state index in [2.05, 4.69) is 43.1 Å². The minimum atomic E-state index is 0.619. The molecule has 0 saturated heterocycles. The van der Waals surface area contributed by atoms with Gasteiger partial charge in [0.2, 0.25) is 5.95 Å². The first-order valence-electron chi connectivity index (χ1n) is 4.79. The van der Waals surface area contributed by atoms with E-state index in [4.69, 9.17) is 0 Å². The summed E-state index contributed by atoms with van der Waals surface area (Å²) in [5.74, 6) is 0.619. The van der Waals surface area contributed by atoms with Gasteiger partial charge in [-0.15, -0.1) is 11.3 Å². The SMILES string of the molecule is Cc1nc(CNc2ncc(Br)cn2)sc1C. The smallest absolute Gasteiger partial charge is 0.223 e. The maximum atomic E-state index is 4.43. The summed E-state index contributed by atoms with van der Waals surface area (Å²) >= 11 is 4.99. The summed E-state index contributed by atoms with van der Waals surface area (Å²) in [7, 11) is 0. The molecular formula is C10H11BrN4S. The van der Waals surface area contributed by atoms with Crippen molar-refractivity contribution < 1.29 is 0 Å². The first-order valence-corrected chi connectivity index (χ1v) is 6.40. The van der Waals surface area contributed by atoms with Crippen molar-refractivity contribution in [1.29, 1.82) is 0 Å². The highest BCUT2D eigenvalue weighted by Gasteiger charge is 2.03. The molecule has 0 aromatic carbocycles. The topological polar surface area (TPSA) is 50.7 Å². The average Bonchev–Trinajstić information content (AvgIpc) is 2.58. The Balaban J connectivity index is 1.99. The van der Waals surface area contributed by atoms with Crippen LogP contribution in [0.15, 0.2) is 16.9 Å². The van der Waals surface area contributed by atoms with Crippen LogP contribution in [0.25, 0.3) is 0 Å². The average molecular weight is 299 g/mol. The lowest BCUT2D eigenvalue weighted by Crippen LogP contribution is -2.02. The molecule has 1 N–H and O–H groups in total. The van der Waals surface area contributed by atoms with Gasteiger partial charge in [0.05, 0.1) is 16.7 Å². The molecule has 0 amide bonds. The van der Waals surface area contributed by atoms with Gasteiger partial charge in [0.25, 0.3) is 0 Å².